The van der Waals surface area contributed by atoms with Crippen molar-refractivity contribution in [2.45, 2.75) is 33.2 Å². The third kappa shape index (κ3) is 4.84. The number of likely N-dealkylation sites (tertiary alicyclic amines) is 1. The molecule has 1 saturated heterocycles. The van der Waals surface area contributed by atoms with Crippen LogP contribution in [0.3, 0.4) is 0 Å². The van der Waals surface area contributed by atoms with E-state index < -0.39 is 0 Å². The molecule has 2 heterocycles. The average Bonchev–Trinajstić information content (AvgIpc) is 3.13. The van der Waals surface area contributed by atoms with E-state index in [0.717, 1.165) is 38.2 Å². The first-order chi connectivity index (χ1) is 12.1. The molecule has 3 rings (SSSR count). The first kappa shape index (κ1) is 17.5. The Morgan fingerprint density at radius 1 is 1.28 bits per heavy atom. The summed E-state index contributed by atoms with van der Waals surface area (Å²) < 4.78 is 7.72. The van der Waals surface area contributed by atoms with Gasteiger partial charge in [-0.1, -0.05) is 19.9 Å². The van der Waals surface area contributed by atoms with Crippen LogP contribution >= 0.6 is 0 Å². The van der Waals surface area contributed by atoms with Crippen LogP contribution in [0.5, 0.6) is 5.75 Å². The molecule has 1 aliphatic heterocycles. The molecular weight excluding hydrogens is 314 g/mol. The number of carbonyl (C=O) groups is 1. The monoisotopic (exact) mass is 341 g/mol. The van der Waals surface area contributed by atoms with E-state index >= 15 is 0 Å². The highest BCUT2D eigenvalue weighted by Gasteiger charge is 2.24. The molecule has 134 valence electrons. The van der Waals surface area contributed by atoms with Crippen LogP contribution < -0.4 is 4.74 Å². The maximum Gasteiger partial charge on any atom is 0.253 e. The minimum absolute atomic E-state index is 0.104. The molecule has 0 N–H and O–H groups in total. The molecule has 1 fully saturated rings. The van der Waals surface area contributed by atoms with E-state index in [-0.39, 0.29) is 5.91 Å². The normalized spacial score (nSPS) is 15.6. The van der Waals surface area contributed by atoms with Gasteiger partial charge in [0.05, 0.1) is 6.61 Å². The molecule has 0 aliphatic carbocycles. The number of rotatable bonds is 6. The van der Waals surface area contributed by atoms with Crippen LogP contribution in [0.15, 0.2) is 42.7 Å². The van der Waals surface area contributed by atoms with Gasteiger partial charge < -0.3 is 9.64 Å². The molecule has 0 radical (unpaired) electrons. The van der Waals surface area contributed by atoms with Gasteiger partial charge in [-0.05, 0) is 48.9 Å². The predicted molar refractivity (Wildman–Crippen MR) is 97.6 cm³/mol. The molecule has 1 aliphatic rings. The van der Waals surface area contributed by atoms with E-state index in [9.17, 15) is 4.79 Å². The summed E-state index contributed by atoms with van der Waals surface area (Å²) in [6, 6.07) is 9.50. The Labute approximate surface area is 149 Å². The van der Waals surface area contributed by atoms with Crippen molar-refractivity contribution in [1.82, 2.24) is 14.7 Å². The van der Waals surface area contributed by atoms with Crippen molar-refractivity contribution in [3.8, 4) is 5.75 Å². The topological polar surface area (TPSA) is 47.4 Å². The highest BCUT2D eigenvalue weighted by Crippen LogP contribution is 2.22. The molecule has 5 nitrogen and oxygen atoms in total. The highest BCUT2D eigenvalue weighted by molar-refractivity contribution is 5.94. The predicted octanol–water partition coefficient (Wildman–Crippen LogP) is 3.47. The van der Waals surface area contributed by atoms with E-state index in [1.165, 1.54) is 0 Å². The van der Waals surface area contributed by atoms with E-state index in [0.29, 0.717) is 24.0 Å². The van der Waals surface area contributed by atoms with Crippen LogP contribution in [0, 0.1) is 11.8 Å². The Morgan fingerprint density at radius 3 is 2.76 bits per heavy atom. The van der Waals surface area contributed by atoms with Crippen LogP contribution in [0.4, 0.5) is 0 Å². The number of hydrogen-bond acceptors (Lipinski definition) is 3. The first-order valence-corrected chi connectivity index (χ1v) is 9.11. The van der Waals surface area contributed by atoms with Crippen molar-refractivity contribution in [3.05, 3.63) is 48.3 Å². The van der Waals surface area contributed by atoms with Crippen LogP contribution in [-0.4, -0.2) is 40.3 Å². The molecule has 0 bridgehead atoms. The summed E-state index contributed by atoms with van der Waals surface area (Å²) in [5, 5.41) is 4.27. The molecule has 25 heavy (non-hydrogen) atoms. The molecule has 5 heteroatoms. The lowest BCUT2D eigenvalue weighted by molar-refractivity contribution is 0.0680. The highest BCUT2D eigenvalue weighted by atomic mass is 16.5. The Balaban J connectivity index is 1.54. The standard InChI is InChI=1S/C20H27N3O2/c1-16(2)15-25-19-6-3-5-18(13-19)20(24)22-11-7-17(8-12-22)14-23-10-4-9-21-23/h3-6,9-10,13,16-17H,7-8,11-12,14-15H2,1-2H3. The van der Waals surface area contributed by atoms with Gasteiger partial charge in [0, 0.05) is 37.6 Å². The second kappa shape index (κ2) is 8.19. The van der Waals surface area contributed by atoms with Crippen LogP contribution in [0.1, 0.15) is 37.0 Å². The number of benzene rings is 1. The van der Waals surface area contributed by atoms with E-state index in [1.54, 1.807) is 0 Å². The lowest BCUT2D eigenvalue weighted by Gasteiger charge is -2.32. The molecular formula is C20H27N3O2. The van der Waals surface area contributed by atoms with Gasteiger partial charge in [-0.15, -0.1) is 0 Å². The molecule has 0 unspecified atom stereocenters. The zero-order valence-electron chi connectivity index (χ0n) is 15.1. The maximum atomic E-state index is 12.8. The number of amides is 1. The number of nitrogens with zero attached hydrogens (tertiary/aromatic N) is 3. The fourth-order valence-corrected chi connectivity index (χ4v) is 3.16. The zero-order chi connectivity index (χ0) is 17.6. The van der Waals surface area contributed by atoms with Crippen LogP contribution in [0.2, 0.25) is 0 Å². The Kier molecular flexibility index (Phi) is 5.74. The number of ether oxygens (including phenoxy) is 1. The van der Waals surface area contributed by atoms with Crippen LogP contribution in [0.25, 0.3) is 0 Å². The number of piperidine rings is 1. The first-order valence-electron chi connectivity index (χ1n) is 9.11. The maximum absolute atomic E-state index is 12.8. The second-order valence-electron chi connectivity index (χ2n) is 7.20. The Morgan fingerprint density at radius 2 is 2.08 bits per heavy atom. The van der Waals surface area contributed by atoms with Crippen molar-refractivity contribution in [2.24, 2.45) is 11.8 Å². The van der Waals surface area contributed by atoms with Crippen LogP contribution in [-0.2, 0) is 6.54 Å². The summed E-state index contributed by atoms with van der Waals surface area (Å²) in [6.07, 6.45) is 5.86. The van der Waals surface area contributed by atoms with E-state index in [2.05, 4.69) is 18.9 Å². The summed E-state index contributed by atoms with van der Waals surface area (Å²) in [6.45, 7) is 7.44. The largest absolute Gasteiger partial charge is 0.493 e. The summed E-state index contributed by atoms with van der Waals surface area (Å²) >= 11 is 0. The molecule has 1 amide bonds. The van der Waals surface area contributed by atoms with Crippen molar-refractivity contribution in [3.63, 3.8) is 0 Å². The smallest absolute Gasteiger partial charge is 0.253 e. The fourth-order valence-electron chi connectivity index (χ4n) is 3.16. The summed E-state index contributed by atoms with van der Waals surface area (Å²) in [7, 11) is 0. The SMILES string of the molecule is CC(C)COc1cccc(C(=O)N2CCC(Cn3cccn3)CC2)c1. The summed E-state index contributed by atoms with van der Waals surface area (Å²) in [5.74, 6) is 1.93. The lowest BCUT2D eigenvalue weighted by atomic mass is 9.96. The fraction of sp³-hybridized carbons (Fsp3) is 0.500. The number of hydrogen-bond donors (Lipinski definition) is 0. The minimum Gasteiger partial charge on any atom is -0.493 e. The summed E-state index contributed by atoms with van der Waals surface area (Å²) in [5.41, 5.74) is 0.715. The lowest BCUT2D eigenvalue weighted by Crippen LogP contribution is -2.39. The van der Waals surface area contributed by atoms with Crippen molar-refractivity contribution in [2.75, 3.05) is 19.7 Å². The van der Waals surface area contributed by atoms with Gasteiger partial charge in [-0.3, -0.25) is 9.48 Å². The van der Waals surface area contributed by atoms with E-state index in [4.69, 9.17) is 4.74 Å². The molecule has 2 aromatic rings. The van der Waals surface area contributed by atoms with Gasteiger partial charge in [-0.2, -0.15) is 5.10 Å². The Bertz CT molecular complexity index is 674. The van der Waals surface area contributed by atoms with E-state index in [1.807, 2.05) is 52.3 Å². The molecule has 0 spiro atoms. The Hall–Kier alpha value is -2.30. The number of aromatic nitrogens is 2. The summed E-state index contributed by atoms with van der Waals surface area (Å²) in [4.78, 5) is 14.7. The molecule has 0 saturated carbocycles. The number of carbonyl (C=O) groups excluding carboxylic acids is 1. The van der Waals surface area contributed by atoms with Gasteiger partial charge >= 0.3 is 0 Å². The zero-order valence-corrected chi connectivity index (χ0v) is 15.1. The van der Waals surface area contributed by atoms with Gasteiger partial charge in [0.2, 0.25) is 0 Å². The van der Waals surface area contributed by atoms with Crippen molar-refractivity contribution >= 4 is 5.91 Å². The quantitative estimate of drug-likeness (QED) is 0.808. The van der Waals surface area contributed by atoms with Crippen molar-refractivity contribution in [1.29, 1.82) is 0 Å². The van der Waals surface area contributed by atoms with Gasteiger partial charge in [0.25, 0.3) is 5.91 Å². The average molecular weight is 341 g/mol. The molecule has 1 aromatic heterocycles. The third-order valence-corrected chi connectivity index (χ3v) is 4.57. The third-order valence-electron chi connectivity index (χ3n) is 4.57. The van der Waals surface area contributed by atoms with Gasteiger partial charge in [-0.25, -0.2) is 0 Å². The van der Waals surface area contributed by atoms with Gasteiger partial charge in [0.15, 0.2) is 0 Å². The second-order valence-corrected chi connectivity index (χ2v) is 7.20. The molecule has 1 aromatic carbocycles. The molecule has 0 atom stereocenters. The van der Waals surface area contributed by atoms with Crippen molar-refractivity contribution < 1.29 is 9.53 Å². The van der Waals surface area contributed by atoms with Gasteiger partial charge in [0.1, 0.15) is 5.75 Å². The minimum atomic E-state index is 0.104.